The highest BCUT2D eigenvalue weighted by Gasteiger charge is 2.64. The summed E-state index contributed by atoms with van der Waals surface area (Å²) in [5.41, 5.74) is 1.62. The van der Waals surface area contributed by atoms with Crippen molar-refractivity contribution in [2.45, 2.75) is 50.6 Å². The standard InChI is InChI=1S/C32H38N2O5S/c1-31(2,3)22-14-10-20(11-15-22)27-26(29(36)24-9-8-18-40-24)28(21-12-16-23(17-13-21)33(5)6)34(25(35)19-39-7)32(27,4)30(37)38/h8-18,26-28H,19H2,1-7H3,(H,37,38). The van der Waals surface area contributed by atoms with E-state index in [4.69, 9.17) is 4.74 Å². The van der Waals surface area contributed by atoms with Crippen molar-refractivity contribution in [2.24, 2.45) is 5.92 Å². The van der Waals surface area contributed by atoms with Gasteiger partial charge in [0.05, 0.1) is 16.8 Å². The molecule has 4 atom stereocenters. The number of amides is 1. The van der Waals surface area contributed by atoms with Crippen molar-refractivity contribution in [3.8, 4) is 0 Å². The zero-order valence-electron chi connectivity index (χ0n) is 24.2. The van der Waals surface area contributed by atoms with E-state index in [0.717, 1.165) is 11.3 Å². The van der Waals surface area contributed by atoms with Gasteiger partial charge in [0, 0.05) is 32.8 Å². The normalized spacial score (nSPS) is 22.8. The average Bonchev–Trinajstić information content (AvgIpc) is 3.53. The van der Waals surface area contributed by atoms with E-state index in [9.17, 15) is 19.5 Å². The molecule has 212 valence electrons. The van der Waals surface area contributed by atoms with Crippen LogP contribution in [0.5, 0.6) is 0 Å². The Morgan fingerprint density at radius 1 is 1.00 bits per heavy atom. The van der Waals surface area contributed by atoms with E-state index in [1.54, 1.807) is 13.0 Å². The van der Waals surface area contributed by atoms with Crippen LogP contribution >= 0.6 is 11.3 Å². The number of hydrogen-bond donors (Lipinski definition) is 1. The van der Waals surface area contributed by atoms with Gasteiger partial charge in [0.2, 0.25) is 5.91 Å². The number of Topliss-reactive ketones (excluding diaryl/α,β-unsaturated/α-hetero) is 1. The third kappa shape index (κ3) is 5.18. The summed E-state index contributed by atoms with van der Waals surface area (Å²) in [4.78, 5) is 45.3. The van der Waals surface area contributed by atoms with Crippen LogP contribution in [-0.2, 0) is 19.7 Å². The third-order valence-electron chi connectivity index (χ3n) is 8.01. The first kappa shape index (κ1) is 29.5. The first-order chi connectivity index (χ1) is 18.8. The highest BCUT2D eigenvalue weighted by molar-refractivity contribution is 7.12. The van der Waals surface area contributed by atoms with E-state index >= 15 is 0 Å². The lowest BCUT2D eigenvalue weighted by atomic mass is 9.72. The molecule has 1 aliphatic heterocycles. The molecule has 0 bridgehead atoms. The first-order valence-corrected chi connectivity index (χ1v) is 14.2. The number of thiophene rings is 1. The monoisotopic (exact) mass is 562 g/mol. The number of rotatable bonds is 8. The smallest absolute Gasteiger partial charge is 0.330 e. The van der Waals surface area contributed by atoms with Crippen LogP contribution < -0.4 is 4.90 Å². The number of likely N-dealkylation sites (tertiary alicyclic amines) is 1. The summed E-state index contributed by atoms with van der Waals surface area (Å²) in [6, 6.07) is 18.2. The number of hydrogen-bond acceptors (Lipinski definition) is 6. The van der Waals surface area contributed by atoms with E-state index in [0.29, 0.717) is 16.0 Å². The van der Waals surface area contributed by atoms with E-state index in [2.05, 4.69) is 20.8 Å². The van der Waals surface area contributed by atoms with Gasteiger partial charge < -0.3 is 19.6 Å². The Labute approximate surface area is 240 Å². The fourth-order valence-electron chi connectivity index (χ4n) is 5.90. The summed E-state index contributed by atoms with van der Waals surface area (Å²) in [7, 11) is 5.27. The number of carboxylic acids is 1. The molecule has 1 saturated heterocycles. The lowest BCUT2D eigenvalue weighted by molar-refractivity contribution is -0.159. The Balaban J connectivity index is 2.01. The van der Waals surface area contributed by atoms with Crippen molar-refractivity contribution >= 4 is 34.7 Å². The number of benzene rings is 2. The van der Waals surface area contributed by atoms with Crippen molar-refractivity contribution in [1.82, 2.24) is 4.90 Å². The maximum Gasteiger partial charge on any atom is 0.330 e. The van der Waals surface area contributed by atoms with Crippen LogP contribution in [-0.4, -0.2) is 61.0 Å². The summed E-state index contributed by atoms with van der Waals surface area (Å²) >= 11 is 1.32. The van der Waals surface area contributed by atoms with Gasteiger partial charge in [-0.05, 0) is 52.6 Å². The molecule has 0 saturated carbocycles. The number of carbonyl (C=O) groups excluding carboxylic acids is 2. The molecule has 7 nitrogen and oxygen atoms in total. The summed E-state index contributed by atoms with van der Waals surface area (Å²) in [6.45, 7) is 7.60. The van der Waals surface area contributed by atoms with Crippen molar-refractivity contribution in [2.75, 3.05) is 32.7 Å². The molecule has 1 fully saturated rings. The first-order valence-electron chi connectivity index (χ1n) is 13.3. The maximum absolute atomic E-state index is 14.4. The Morgan fingerprint density at radius 3 is 2.08 bits per heavy atom. The van der Waals surface area contributed by atoms with Crippen LogP contribution in [0.3, 0.4) is 0 Å². The second kappa shape index (κ2) is 11.2. The number of ether oxygens (including phenoxy) is 1. The molecule has 2 heterocycles. The van der Waals surface area contributed by atoms with Crippen LogP contribution in [0.4, 0.5) is 5.69 Å². The number of carboxylic acid groups (broad SMARTS) is 1. The SMILES string of the molecule is COCC(=O)N1C(c2ccc(N(C)C)cc2)C(C(=O)c2cccs2)C(c2ccc(C(C)(C)C)cc2)C1(C)C(=O)O. The van der Waals surface area contributed by atoms with Gasteiger partial charge in [0.15, 0.2) is 5.78 Å². The molecular formula is C32H38N2O5S. The Morgan fingerprint density at radius 2 is 1.60 bits per heavy atom. The summed E-state index contributed by atoms with van der Waals surface area (Å²) in [6.07, 6.45) is 0. The van der Waals surface area contributed by atoms with E-state index in [1.165, 1.54) is 23.3 Å². The quantitative estimate of drug-likeness (QED) is 0.351. The molecule has 1 aliphatic rings. The molecule has 8 heteroatoms. The molecule has 40 heavy (non-hydrogen) atoms. The number of nitrogens with zero attached hydrogens (tertiary/aromatic N) is 2. The van der Waals surface area contributed by atoms with Crippen LogP contribution in [0.1, 0.15) is 66.0 Å². The van der Waals surface area contributed by atoms with Gasteiger partial charge in [0.1, 0.15) is 12.1 Å². The second-order valence-corrected chi connectivity index (χ2v) is 12.7. The zero-order chi connectivity index (χ0) is 29.4. The van der Waals surface area contributed by atoms with Crippen LogP contribution in [0.2, 0.25) is 0 Å². The summed E-state index contributed by atoms with van der Waals surface area (Å²) in [5.74, 6) is -3.48. The van der Waals surface area contributed by atoms with Crippen molar-refractivity contribution in [3.63, 3.8) is 0 Å². The lowest BCUT2D eigenvalue weighted by Gasteiger charge is -2.38. The van der Waals surface area contributed by atoms with Crippen LogP contribution in [0.25, 0.3) is 0 Å². The molecule has 4 rings (SSSR count). The van der Waals surface area contributed by atoms with Gasteiger partial charge in [-0.2, -0.15) is 0 Å². The molecule has 0 radical (unpaired) electrons. The van der Waals surface area contributed by atoms with Crippen molar-refractivity contribution in [1.29, 1.82) is 0 Å². The number of anilines is 1. The molecule has 3 aromatic rings. The molecule has 1 N–H and O–H groups in total. The predicted molar refractivity (Wildman–Crippen MR) is 158 cm³/mol. The van der Waals surface area contributed by atoms with E-state index < -0.39 is 35.3 Å². The number of ketones is 1. The van der Waals surface area contributed by atoms with Crippen molar-refractivity contribution < 1.29 is 24.2 Å². The Kier molecular flexibility index (Phi) is 8.24. The zero-order valence-corrected chi connectivity index (χ0v) is 25.0. The highest BCUT2D eigenvalue weighted by atomic mass is 32.1. The van der Waals surface area contributed by atoms with Crippen LogP contribution in [0.15, 0.2) is 66.0 Å². The third-order valence-corrected chi connectivity index (χ3v) is 8.89. The van der Waals surface area contributed by atoms with Gasteiger partial charge in [-0.3, -0.25) is 9.59 Å². The minimum atomic E-state index is -1.72. The van der Waals surface area contributed by atoms with Gasteiger partial charge >= 0.3 is 5.97 Å². The van der Waals surface area contributed by atoms with Gasteiger partial charge in [-0.1, -0.05) is 63.2 Å². The topological polar surface area (TPSA) is 87.2 Å². The molecule has 4 unspecified atom stereocenters. The predicted octanol–water partition coefficient (Wildman–Crippen LogP) is 5.77. The Hall–Kier alpha value is -3.49. The highest BCUT2D eigenvalue weighted by Crippen LogP contribution is 2.57. The fraction of sp³-hybridized carbons (Fsp3) is 0.406. The van der Waals surface area contributed by atoms with Gasteiger partial charge in [0.25, 0.3) is 0 Å². The van der Waals surface area contributed by atoms with Crippen LogP contribution in [0, 0.1) is 5.92 Å². The minimum Gasteiger partial charge on any atom is -0.479 e. The molecule has 1 amide bonds. The number of aliphatic carboxylic acids is 1. The fourth-order valence-corrected chi connectivity index (χ4v) is 6.61. The minimum absolute atomic E-state index is 0.103. The molecule has 0 spiro atoms. The molecule has 2 aromatic carbocycles. The summed E-state index contributed by atoms with van der Waals surface area (Å²) in [5, 5.41) is 12.7. The van der Waals surface area contributed by atoms with E-state index in [1.807, 2.05) is 79.0 Å². The second-order valence-electron chi connectivity index (χ2n) is 11.8. The number of carbonyl (C=O) groups is 3. The molecule has 1 aromatic heterocycles. The number of methoxy groups -OCH3 is 1. The van der Waals surface area contributed by atoms with Crippen molar-refractivity contribution in [3.05, 3.63) is 87.6 Å². The molecular weight excluding hydrogens is 524 g/mol. The van der Waals surface area contributed by atoms with Gasteiger partial charge in [-0.25, -0.2) is 4.79 Å². The van der Waals surface area contributed by atoms with Gasteiger partial charge in [-0.15, -0.1) is 11.3 Å². The van der Waals surface area contributed by atoms with E-state index in [-0.39, 0.29) is 17.8 Å². The Bertz CT molecular complexity index is 1360. The largest absolute Gasteiger partial charge is 0.479 e. The average molecular weight is 563 g/mol. The molecule has 0 aliphatic carbocycles. The maximum atomic E-state index is 14.4. The lowest BCUT2D eigenvalue weighted by Crippen LogP contribution is -2.55. The summed E-state index contributed by atoms with van der Waals surface area (Å²) < 4.78 is 5.21.